The maximum atomic E-state index is 12.2. The lowest BCUT2D eigenvalue weighted by molar-refractivity contribution is -0.125. The highest BCUT2D eigenvalue weighted by Crippen LogP contribution is 2.17. The fourth-order valence-electron chi connectivity index (χ4n) is 2.34. The second-order valence-electron chi connectivity index (χ2n) is 5.09. The fraction of sp³-hybridized carbons (Fsp3) is 0.692. The molecule has 3 atom stereocenters. The summed E-state index contributed by atoms with van der Waals surface area (Å²) in [7, 11) is 0. The molecule has 100 valence electrons. The van der Waals surface area contributed by atoms with Crippen molar-refractivity contribution >= 4 is 5.91 Å². The van der Waals surface area contributed by atoms with Gasteiger partial charge in [-0.05, 0) is 39.2 Å². The van der Waals surface area contributed by atoms with Crippen LogP contribution in [0.25, 0.3) is 0 Å². The average Bonchev–Trinajstić information content (AvgIpc) is 2.76. The summed E-state index contributed by atoms with van der Waals surface area (Å²) in [5, 5.41) is 6.22. The second-order valence-corrected chi connectivity index (χ2v) is 5.09. The number of piperidine rings is 1. The van der Waals surface area contributed by atoms with Gasteiger partial charge >= 0.3 is 0 Å². The summed E-state index contributed by atoms with van der Waals surface area (Å²) < 4.78 is 5.41. The largest absolute Gasteiger partial charge is 0.444 e. The summed E-state index contributed by atoms with van der Waals surface area (Å²) in [5.41, 5.74) is 0. The molecule has 18 heavy (non-hydrogen) atoms. The van der Waals surface area contributed by atoms with Crippen LogP contribution in [0.2, 0.25) is 0 Å². The van der Waals surface area contributed by atoms with Crippen molar-refractivity contribution in [3.05, 3.63) is 17.8 Å². The molecule has 2 rings (SSSR count). The van der Waals surface area contributed by atoms with Crippen LogP contribution < -0.4 is 10.6 Å². The quantitative estimate of drug-likeness (QED) is 0.855. The van der Waals surface area contributed by atoms with Gasteiger partial charge in [-0.25, -0.2) is 4.98 Å². The minimum atomic E-state index is -0.192. The molecule has 1 amide bonds. The third-order valence-corrected chi connectivity index (χ3v) is 3.42. The highest BCUT2D eigenvalue weighted by Gasteiger charge is 2.28. The summed E-state index contributed by atoms with van der Waals surface area (Å²) in [6.45, 7) is 6.75. The molecule has 1 aliphatic heterocycles. The molecular weight excluding hydrogens is 230 g/mol. The number of rotatable bonds is 3. The smallest absolute Gasteiger partial charge is 0.238 e. The van der Waals surface area contributed by atoms with Gasteiger partial charge in [0.15, 0.2) is 0 Å². The number of carbonyl (C=O) groups excluding carboxylic acids is 1. The number of amides is 1. The zero-order valence-corrected chi connectivity index (χ0v) is 11.2. The molecule has 3 unspecified atom stereocenters. The van der Waals surface area contributed by atoms with E-state index in [0.29, 0.717) is 11.8 Å². The van der Waals surface area contributed by atoms with Crippen molar-refractivity contribution in [3.8, 4) is 0 Å². The summed E-state index contributed by atoms with van der Waals surface area (Å²) in [6, 6.07) is -0.292. The van der Waals surface area contributed by atoms with E-state index in [4.69, 9.17) is 4.42 Å². The number of aryl methyl sites for hydroxylation is 1. The Balaban J connectivity index is 1.94. The number of hydrogen-bond acceptors (Lipinski definition) is 4. The van der Waals surface area contributed by atoms with Gasteiger partial charge in [0, 0.05) is 0 Å². The number of nitrogens with zero attached hydrogens (tertiary/aromatic N) is 1. The van der Waals surface area contributed by atoms with E-state index in [0.717, 1.165) is 25.1 Å². The van der Waals surface area contributed by atoms with Crippen molar-refractivity contribution in [2.45, 2.75) is 45.7 Å². The molecule has 1 fully saturated rings. The second kappa shape index (κ2) is 5.52. The molecule has 1 aromatic heterocycles. The Kier molecular flexibility index (Phi) is 4.01. The van der Waals surface area contributed by atoms with Gasteiger partial charge in [-0.2, -0.15) is 0 Å². The van der Waals surface area contributed by atoms with Crippen LogP contribution in [0, 0.1) is 12.8 Å². The van der Waals surface area contributed by atoms with E-state index < -0.39 is 0 Å². The van der Waals surface area contributed by atoms with E-state index in [1.165, 1.54) is 0 Å². The molecule has 5 nitrogen and oxygen atoms in total. The molecular formula is C13H21N3O2. The van der Waals surface area contributed by atoms with Gasteiger partial charge in [0.25, 0.3) is 0 Å². The van der Waals surface area contributed by atoms with Crippen LogP contribution in [0.5, 0.6) is 0 Å². The molecule has 1 aromatic rings. The van der Waals surface area contributed by atoms with Gasteiger partial charge in [0.05, 0.1) is 12.2 Å². The van der Waals surface area contributed by atoms with E-state index in [2.05, 4.69) is 22.5 Å². The standard InChI is InChI=1S/C13H21N3O2/c1-8-5-4-6-14-11(8)12(17)16-10(3)13-15-7-9(2)18-13/h7-8,10-11,14H,4-6H2,1-3H3,(H,16,17). The Morgan fingerprint density at radius 1 is 1.67 bits per heavy atom. The average molecular weight is 251 g/mol. The molecule has 0 radical (unpaired) electrons. The number of oxazole rings is 1. The van der Waals surface area contributed by atoms with Crippen molar-refractivity contribution < 1.29 is 9.21 Å². The summed E-state index contributed by atoms with van der Waals surface area (Å²) in [5.74, 6) is 1.72. The van der Waals surface area contributed by atoms with Crippen molar-refractivity contribution in [1.29, 1.82) is 0 Å². The van der Waals surface area contributed by atoms with Crippen molar-refractivity contribution in [3.63, 3.8) is 0 Å². The van der Waals surface area contributed by atoms with Gasteiger partial charge in [-0.3, -0.25) is 4.79 Å². The van der Waals surface area contributed by atoms with E-state index in [-0.39, 0.29) is 18.0 Å². The lowest BCUT2D eigenvalue weighted by Gasteiger charge is -2.29. The summed E-state index contributed by atoms with van der Waals surface area (Å²) in [4.78, 5) is 16.3. The Bertz CT molecular complexity index is 416. The molecule has 0 aromatic carbocycles. The third kappa shape index (κ3) is 2.90. The molecule has 1 aliphatic rings. The monoisotopic (exact) mass is 251 g/mol. The van der Waals surface area contributed by atoms with E-state index in [1.54, 1.807) is 6.20 Å². The van der Waals surface area contributed by atoms with Crippen LogP contribution in [0.4, 0.5) is 0 Å². The Morgan fingerprint density at radius 3 is 3.06 bits per heavy atom. The van der Waals surface area contributed by atoms with Crippen LogP contribution in [-0.2, 0) is 4.79 Å². The van der Waals surface area contributed by atoms with Crippen molar-refractivity contribution in [1.82, 2.24) is 15.6 Å². The minimum absolute atomic E-state index is 0.0329. The maximum absolute atomic E-state index is 12.2. The molecule has 5 heteroatoms. The molecule has 2 heterocycles. The fourth-order valence-corrected chi connectivity index (χ4v) is 2.34. The normalized spacial score (nSPS) is 25.7. The number of nitrogens with one attached hydrogen (secondary N) is 2. The first-order chi connectivity index (χ1) is 8.58. The van der Waals surface area contributed by atoms with Crippen LogP contribution in [0.15, 0.2) is 10.6 Å². The van der Waals surface area contributed by atoms with Crippen molar-refractivity contribution in [2.24, 2.45) is 5.92 Å². The molecule has 1 saturated heterocycles. The lowest BCUT2D eigenvalue weighted by Crippen LogP contribution is -2.51. The first-order valence-electron chi connectivity index (χ1n) is 6.54. The first-order valence-corrected chi connectivity index (χ1v) is 6.54. The Labute approximate surface area is 107 Å². The zero-order valence-electron chi connectivity index (χ0n) is 11.2. The molecule has 0 bridgehead atoms. The third-order valence-electron chi connectivity index (χ3n) is 3.42. The number of aromatic nitrogens is 1. The predicted octanol–water partition coefficient (Wildman–Crippen LogP) is 1.55. The van der Waals surface area contributed by atoms with E-state index in [1.807, 2.05) is 13.8 Å². The molecule has 2 N–H and O–H groups in total. The van der Waals surface area contributed by atoms with Crippen LogP contribution in [0.3, 0.4) is 0 Å². The Morgan fingerprint density at radius 2 is 2.44 bits per heavy atom. The van der Waals surface area contributed by atoms with Crippen LogP contribution >= 0.6 is 0 Å². The zero-order chi connectivity index (χ0) is 13.1. The SMILES string of the molecule is Cc1cnc(C(C)NC(=O)C2NCCCC2C)o1. The molecule has 0 aliphatic carbocycles. The molecule has 0 spiro atoms. The molecule has 0 saturated carbocycles. The highest BCUT2D eigenvalue weighted by atomic mass is 16.4. The van der Waals surface area contributed by atoms with Gasteiger partial charge in [0.1, 0.15) is 11.8 Å². The predicted molar refractivity (Wildman–Crippen MR) is 68.0 cm³/mol. The lowest BCUT2D eigenvalue weighted by atomic mass is 9.92. The highest BCUT2D eigenvalue weighted by molar-refractivity contribution is 5.82. The number of carbonyl (C=O) groups is 1. The van der Waals surface area contributed by atoms with Gasteiger partial charge in [-0.15, -0.1) is 0 Å². The van der Waals surface area contributed by atoms with Gasteiger partial charge in [-0.1, -0.05) is 6.92 Å². The van der Waals surface area contributed by atoms with Crippen LogP contribution in [0.1, 0.15) is 44.4 Å². The summed E-state index contributed by atoms with van der Waals surface area (Å²) >= 11 is 0. The van der Waals surface area contributed by atoms with Crippen molar-refractivity contribution in [2.75, 3.05) is 6.54 Å². The van der Waals surface area contributed by atoms with E-state index in [9.17, 15) is 4.79 Å². The van der Waals surface area contributed by atoms with Gasteiger partial charge < -0.3 is 15.1 Å². The Hall–Kier alpha value is -1.36. The maximum Gasteiger partial charge on any atom is 0.238 e. The summed E-state index contributed by atoms with van der Waals surface area (Å²) in [6.07, 6.45) is 3.90. The minimum Gasteiger partial charge on any atom is -0.444 e. The number of hydrogen-bond donors (Lipinski definition) is 2. The topological polar surface area (TPSA) is 67.2 Å². The van der Waals surface area contributed by atoms with Crippen LogP contribution in [-0.4, -0.2) is 23.5 Å². The van der Waals surface area contributed by atoms with Gasteiger partial charge in [0.2, 0.25) is 11.8 Å². The first kappa shape index (κ1) is 13.1. The van der Waals surface area contributed by atoms with E-state index >= 15 is 0 Å².